The Labute approximate surface area is 240 Å². The smallest absolute Gasteiger partial charge is 0.262 e. The number of carbonyl (C=O) groups excluding carboxylic acids is 2. The molecule has 6 nitrogen and oxygen atoms in total. The highest BCUT2D eigenvalue weighted by atomic mass is 35.5. The lowest BCUT2D eigenvalue weighted by Gasteiger charge is -2.20. The molecule has 196 valence electrons. The van der Waals surface area contributed by atoms with E-state index in [2.05, 4.69) is 20.4 Å². The molecular formula is C28H24Cl4N4O2. The lowest BCUT2D eigenvalue weighted by Crippen LogP contribution is -2.48. The van der Waals surface area contributed by atoms with Crippen LogP contribution in [0.25, 0.3) is 10.9 Å². The van der Waals surface area contributed by atoms with Crippen molar-refractivity contribution in [3.63, 3.8) is 0 Å². The minimum Gasteiger partial charge on any atom is -0.342 e. The number of carbonyl (C=O) groups is 2. The highest BCUT2D eigenvalue weighted by Crippen LogP contribution is 2.26. The molecule has 4 rings (SSSR count). The van der Waals surface area contributed by atoms with E-state index in [9.17, 15) is 9.59 Å². The Balaban J connectivity index is 1.49. The van der Waals surface area contributed by atoms with Crippen LogP contribution in [0.15, 0.2) is 72.0 Å². The zero-order valence-corrected chi connectivity index (χ0v) is 23.5. The lowest BCUT2D eigenvalue weighted by molar-refractivity contribution is -0.123. The molecule has 0 bridgehead atoms. The summed E-state index contributed by atoms with van der Waals surface area (Å²) in [6.45, 7) is 4.20. The largest absolute Gasteiger partial charge is 0.342 e. The first kappa shape index (κ1) is 28.0. The number of hydrogen-bond donors (Lipinski definition) is 2. The van der Waals surface area contributed by atoms with Crippen molar-refractivity contribution in [1.29, 1.82) is 0 Å². The van der Waals surface area contributed by atoms with E-state index in [1.54, 1.807) is 24.4 Å². The number of nitrogens with one attached hydrogen (secondary N) is 2. The summed E-state index contributed by atoms with van der Waals surface area (Å²) in [5.41, 5.74) is 5.57. The molecule has 0 aliphatic rings. The quantitative estimate of drug-likeness (QED) is 0.168. The Morgan fingerprint density at radius 3 is 2.42 bits per heavy atom. The molecule has 2 N–H and O–H groups in total. The maximum atomic E-state index is 12.9. The monoisotopic (exact) mass is 588 g/mol. The van der Waals surface area contributed by atoms with Gasteiger partial charge in [-0.3, -0.25) is 9.59 Å². The second kappa shape index (κ2) is 12.2. The summed E-state index contributed by atoms with van der Waals surface area (Å²) >= 11 is 24.4. The molecule has 1 unspecified atom stereocenters. The van der Waals surface area contributed by atoms with Crippen LogP contribution >= 0.6 is 46.4 Å². The van der Waals surface area contributed by atoms with Crippen molar-refractivity contribution in [3.8, 4) is 0 Å². The fourth-order valence-electron chi connectivity index (χ4n) is 3.97. The summed E-state index contributed by atoms with van der Waals surface area (Å²) in [7, 11) is 0. The average molecular weight is 590 g/mol. The molecule has 38 heavy (non-hydrogen) atoms. The van der Waals surface area contributed by atoms with Gasteiger partial charge in [0.2, 0.25) is 0 Å². The summed E-state index contributed by atoms with van der Waals surface area (Å²) in [5, 5.41) is 9.64. The number of amides is 2. The molecule has 3 aromatic carbocycles. The van der Waals surface area contributed by atoms with E-state index in [1.165, 1.54) is 12.1 Å². The SMILES string of the molecule is CC(C)C(NC(=O)c1ccc(Cl)c(Cl)c1)C(=O)NN=Cc1cn(Cc2ccc(Cl)cc2Cl)c2ccccc12. The molecule has 1 aromatic heterocycles. The van der Waals surface area contributed by atoms with E-state index in [0.717, 1.165) is 22.0 Å². The van der Waals surface area contributed by atoms with E-state index >= 15 is 0 Å². The van der Waals surface area contributed by atoms with Crippen molar-refractivity contribution in [2.45, 2.75) is 26.4 Å². The van der Waals surface area contributed by atoms with Gasteiger partial charge in [0, 0.05) is 44.8 Å². The topological polar surface area (TPSA) is 75.5 Å². The fourth-order valence-corrected chi connectivity index (χ4v) is 4.74. The van der Waals surface area contributed by atoms with Crippen LogP contribution in [-0.2, 0) is 11.3 Å². The minimum atomic E-state index is -0.817. The summed E-state index contributed by atoms with van der Waals surface area (Å²) in [4.78, 5) is 25.6. The van der Waals surface area contributed by atoms with Gasteiger partial charge in [0.1, 0.15) is 6.04 Å². The van der Waals surface area contributed by atoms with Gasteiger partial charge in [-0.05, 0) is 47.9 Å². The fraction of sp³-hybridized carbons (Fsp3) is 0.179. The van der Waals surface area contributed by atoms with E-state index in [4.69, 9.17) is 46.4 Å². The lowest BCUT2D eigenvalue weighted by atomic mass is 10.0. The van der Waals surface area contributed by atoms with E-state index in [0.29, 0.717) is 27.2 Å². The summed E-state index contributed by atoms with van der Waals surface area (Å²) in [6.07, 6.45) is 3.52. The molecule has 1 heterocycles. The van der Waals surface area contributed by atoms with E-state index < -0.39 is 17.9 Å². The molecule has 0 saturated carbocycles. The molecule has 0 radical (unpaired) electrons. The summed E-state index contributed by atoms with van der Waals surface area (Å²) in [5.74, 6) is -1.07. The Hall–Kier alpha value is -3.03. The van der Waals surface area contributed by atoms with Crippen molar-refractivity contribution in [2.75, 3.05) is 0 Å². The first-order valence-electron chi connectivity index (χ1n) is 11.7. The van der Waals surface area contributed by atoms with E-state index in [1.807, 2.05) is 50.4 Å². The number of benzene rings is 3. The summed E-state index contributed by atoms with van der Waals surface area (Å²) in [6, 6.07) is 17.0. The molecule has 2 amide bonds. The highest BCUT2D eigenvalue weighted by Gasteiger charge is 2.25. The number of hydrogen-bond acceptors (Lipinski definition) is 3. The van der Waals surface area contributed by atoms with Gasteiger partial charge in [-0.15, -0.1) is 0 Å². The van der Waals surface area contributed by atoms with Crippen LogP contribution in [-0.4, -0.2) is 28.6 Å². The van der Waals surface area contributed by atoms with Crippen LogP contribution in [0.1, 0.15) is 35.3 Å². The van der Waals surface area contributed by atoms with Crippen LogP contribution < -0.4 is 10.7 Å². The van der Waals surface area contributed by atoms with Gasteiger partial charge in [0.05, 0.1) is 16.3 Å². The van der Waals surface area contributed by atoms with Gasteiger partial charge in [0.15, 0.2) is 0 Å². The minimum absolute atomic E-state index is 0.192. The zero-order chi connectivity index (χ0) is 27.4. The van der Waals surface area contributed by atoms with Gasteiger partial charge >= 0.3 is 0 Å². The number of fused-ring (bicyclic) bond motifs is 1. The Morgan fingerprint density at radius 1 is 0.947 bits per heavy atom. The van der Waals surface area contributed by atoms with Crippen LogP contribution in [0, 0.1) is 5.92 Å². The zero-order valence-electron chi connectivity index (χ0n) is 20.5. The van der Waals surface area contributed by atoms with Crippen LogP contribution in [0.2, 0.25) is 20.1 Å². The molecule has 10 heteroatoms. The number of para-hydroxylation sites is 1. The van der Waals surface area contributed by atoms with Crippen molar-refractivity contribution in [3.05, 3.63) is 104 Å². The molecule has 4 aromatic rings. The third-order valence-electron chi connectivity index (χ3n) is 5.97. The Bertz CT molecular complexity index is 1530. The molecule has 0 saturated heterocycles. The van der Waals surface area contributed by atoms with Gasteiger partial charge in [-0.25, -0.2) is 5.43 Å². The van der Waals surface area contributed by atoms with Gasteiger partial charge in [-0.2, -0.15) is 5.10 Å². The number of hydrazone groups is 1. The first-order valence-corrected chi connectivity index (χ1v) is 13.3. The van der Waals surface area contributed by atoms with Crippen molar-refractivity contribution in [2.24, 2.45) is 11.0 Å². The van der Waals surface area contributed by atoms with Crippen LogP contribution in [0.4, 0.5) is 0 Å². The van der Waals surface area contributed by atoms with Crippen molar-refractivity contribution < 1.29 is 9.59 Å². The average Bonchev–Trinajstić information content (AvgIpc) is 3.22. The van der Waals surface area contributed by atoms with Gasteiger partial charge < -0.3 is 9.88 Å². The second-order valence-electron chi connectivity index (χ2n) is 9.02. The predicted octanol–water partition coefficient (Wildman–Crippen LogP) is 7.21. The summed E-state index contributed by atoms with van der Waals surface area (Å²) < 4.78 is 2.06. The van der Waals surface area contributed by atoms with E-state index in [-0.39, 0.29) is 10.9 Å². The van der Waals surface area contributed by atoms with Crippen molar-refractivity contribution in [1.82, 2.24) is 15.3 Å². The molecule has 0 fully saturated rings. The molecule has 0 aliphatic carbocycles. The Morgan fingerprint density at radius 2 is 1.71 bits per heavy atom. The first-order chi connectivity index (χ1) is 18.1. The number of aromatic nitrogens is 1. The van der Waals surface area contributed by atoms with Gasteiger partial charge in [0.25, 0.3) is 11.8 Å². The molecule has 0 aliphatic heterocycles. The molecule has 0 spiro atoms. The van der Waals surface area contributed by atoms with Crippen LogP contribution in [0.3, 0.4) is 0 Å². The van der Waals surface area contributed by atoms with Gasteiger partial charge in [-0.1, -0.05) is 84.5 Å². The van der Waals surface area contributed by atoms with Crippen molar-refractivity contribution >= 4 is 75.3 Å². The third-order valence-corrected chi connectivity index (χ3v) is 7.30. The molecular weight excluding hydrogens is 566 g/mol. The maximum Gasteiger partial charge on any atom is 0.262 e. The number of halogens is 4. The third kappa shape index (κ3) is 6.51. The maximum absolute atomic E-state index is 12.9. The normalized spacial score (nSPS) is 12.3. The number of rotatable bonds is 8. The molecule has 1 atom stereocenters. The Kier molecular flexibility index (Phi) is 9.00. The second-order valence-corrected chi connectivity index (χ2v) is 10.7. The predicted molar refractivity (Wildman–Crippen MR) is 156 cm³/mol. The highest BCUT2D eigenvalue weighted by molar-refractivity contribution is 6.42. The standard InChI is InChI=1S/C28H24Cl4N4O2/c1-16(2)26(34-27(37)17-8-10-22(30)24(32)11-17)28(38)35-33-13-19-15-36(25-6-4-3-5-21(19)25)14-18-7-9-20(29)12-23(18)31/h3-13,15-16,26H,14H2,1-2H3,(H,34,37)(H,35,38). The number of nitrogens with zero attached hydrogens (tertiary/aromatic N) is 2. The van der Waals surface area contributed by atoms with Crippen LogP contribution in [0.5, 0.6) is 0 Å².